The topological polar surface area (TPSA) is 88.6 Å². The van der Waals surface area contributed by atoms with Crippen molar-refractivity contribution in [2.45, 2.75) is 25.9 Å². The molecule has 1 fully saturated rings. The van der Waals surface area contributed by atoms with Gasteiger partial charge in [0.15, 0.2) is 17.5 Å². The minimum atomic E-state index is -0.380. The van der Waals surface area contributed by atoms with Gasteiger partial charge in [0.05, 0.1) is 5.69 Å². The van der Waals surface area contributed by atoms with E-state index in [-0.39, 0.29) is 23.7 Å². The second kappa shape index (κ2) is 6.13. The van der Waals surface area contributed by atoms with Gasteiger partial charge in [-0.25, -0.2) is 19.3 Å². The summed E-state index contributed by atoms with van der Waals surface area (Å²) in [6.45, 7) is 3.08. The number of aromatic nitrogens is 5. The van der Waals surface area contributed by atoms with Crippen molar-refractivity contribution >= 4 is 5.82 Å². The van der Waals surface area contributed by atoms with E-state index in [1.807, 2.05) is 6.92 Å². The van der Waals surface area contributed by atoms with Crippen LogP contribution in [0.15, 0.2) is 12.7 Å². The second-order valence-corrected chi connectivity index (χ2v) is 4.93. The van der Waals surface area contributed by atoms with E-state index in [1.54, 1.807) is 0 Å². The molecule has 1 saturated heterocycles. The van der Waals surface area contributed by atoms with E-state index >= 15 is 0 Å². The summed E-state index contributed by atoms with van der Waals surface area (Å²) < 4.78 is 19.7. The van der Waals surface area contributed by atoms with Gasteiger partial charge in [0, 0.05) is 19.1 Å². The summed E-state index contributed by atoms with van der Waals surface area (Å²) in [4.78, 5) is 12.0. The summed E-state index contributed by atoms with van der Waals surface area (Å²) in [5.74, 6) is 0.759. The number of anilines is 1. The van der Waals surface area contributed by atoms with Gasteiger partial charge < -0.3 is 10.1 Å². The monoisotopic (exact) mass is 292 g/mol. The van der Waals surface area contributed by atoms with Crippen LogP contribution in [-0.2, 0) is 11.2 Å². The molecule has 2 N–H and O–H groups in total. The van der Waals surface area contributed by atoms with Crippen molar-refractivity contribution < 1.29 is 9.13 Å². The summed E-state index contributed by atoms with van der Waals surface area (Å²) >= 11 is 0. The molecular formula is C13H17FN6O. The highest BCUT2D eigenvalue weighted by Crippen LogP contribution is 2.32. The average Bonchev–Trinajstić information content (AvgIpc) is 3.17. The number of hydrogen-bond acceptors (Lipinski definition) is 6. The van der Waals surface area contributed by atoms with Crippen LogP contribution in [0.5, 0.6) is 0 Å². The molecule has 0 radical (unpaired) electrons. The summed E-state index contributed by atoms with van der Waals surface area (Å²) in [5, 5.41) is 9.72. The van der Waals surface area contributed by atoms with Crippen molar-refractivity contribution in [1.29, 1.82) is 0 Å². The molecule has 21 heavy (non-hydrogen) atoms. The summed E-state index contributed by atoms with van der Waals surface area (Å²) in [6.07, 6.45) is 4.11. The molecule has 0 aromatic carbocycles. The van der Waals surface area contributed by atoms with Crippen molar-refractivity contribution in [3.05, 3.63) is 30.0 Å². The van der Waals surface area contributed by atoms with Crippen LogP contribution in [0, 0.1) is 11.7 Å². The maximum Gasteiger partial charge on any atom is 0.186 e. The first-order valence-corrected chi connectivity index (χ1v) is 6.99. The maximum absolute atomic E-state index is 14.1. The Kier molecular flexibility index (Phi) is 4.05. The Hall–Kier alpha value is -2.09. The predicted molar refractivity (Wildman–Crippen MR) is 73.0 cm³/mol. The molecule has 2 aromatic heterocycles. The predicted octanol–water partition coefficient (Wildman–Crippen LogP) is 1.49. The number of nitrogens with one attached hydrogen (secondary N) is 2. The summed E-state index contributed by atoms with van der Waals surface area (Å²) in [7, 11) is 0. The van der Waals surface area contributed by atoms with Gasteiger partial charge in [-0.1, -0.05) is 6.92 Å². The van der Waals surface area contributed by atoms with Crippen LogP contribution in [0.1, 0.15) is 31.0 Å². The zero-order valence-electron chi connectivity index (χ0n) is 11.7. The molecule has 112 valence electrons. The lowest BCUT2D eigenvalue weighted by Crippen LogP contribution is -2.20. The van der Waals surface area contributed by atoms with E-state index in [0.29, 0.717) is 31.1 Å². The van der Waals surface area contributed by atoms with Gasteiger partial charge in [-0.15, -0.1) is 0 Å². The maximum atomic E-state index is 14.1. The van der Waals surface area contributed by atoms with Gasteiger partial charge in [0.1, 0.15) is 18.8 Å². The molecule has 0 aliphatic carbocycles. The molecule has 2 aromatic rings. The van der Waals surface area contributed by atoms with Gasteiger partial charge in [0.2, 0.25) is 0 Å². The van der Waals surface area contributed by atoms with E-state index in [2.05, 4.69) is 30.5 Å². The van der Waals surface area contributed by atoms with Crippen molar-refractivity contribution in [2.75, 3.05) is 18.5 Å². The fraction of sp³-hybridized carbons (Fsp3) is 0.538. The Balaban J connectivity index is 1.67. The molecule has 0 bridgehead atoms. The SMILES string of the molecule is CCc1ncnc(NC[C@@H]2CCO[C@@H]2c2ncn[nH]2)c1F. The third-order valence-electron chi connectivity index (χ3n) is 3.65. The number of aryl methyl sites for hydroxylation is 1. The third kappa shape index (κ3) is 2.85. The standard InChI is InChI=1S/C13H17FN6O/c1-2-9-10(14)12(17-6-16-9)15-5-8-3-4-21-11(8)13-18-7-19-20-13/h6-8,11H,2-5H2,1H3,(H,15,16,17)(H,18,19,20)/t8-,11-/m0/s1. The zero-order valence-corrected chi connectivity index (χ0v) is 11.7. The van der Waals surface area contributed by atoms with Crippen molar-refractivity contribution in [2.24, 2.45) is 5.92 Å². The molecule has 1 aliphatic heterocycles. The normalized spacial score (nSPS) is 21.6. The number of nitrogens with zero attached hydrogens (tertiary/aromatic N) is 4. The van der Waals surface area contributed by atoms with Crippen LogP contribution >= 0.6 is 0 Å². The Morgan fingerprint density at radius 3 is 3.05 bits per heavy atom. The Morgan fingerprint density at radius 2 is 2.29 bits per heavy atom. The van der Waals surface area contributed by atoms with Crippen LogP contribution in [0.3, 0.4) is 0 Å². The molecule has 0 unspecified atom stereocenters. The average molecular weight is 292 g/mol. The Bertz CT molecular complexity index is 590. The molecule has 0 amide bonds. The Morgan fingerprint density at radius 1 is 1.38 bits per heavy atom. The number of H-pyrrole nitrogens is 1. The lowest BCUT2D eigenvalue weighted by atomic mass is 10.0. The van der Waals surface area contributed by atoms with Crippen molar-refractivity contribution in [3.63, 3.8) is 0 Å². The van der Waals surface area contributed by atoms with Crippen LogP contribution in [0.2, 0.25) is 0 Å². The van der Waals surface area contributed by atoms with E-state index in [0.717, 1.165) is 6.42 Å². The fourth-order valence-corrected chi connectivity index (χ4v) is 2.50. The molecule has 1 aliphatic rings. The second-order valence-electron chi connectivity index (χ2n) is 4.93. The molecule has 2 atom stereocenters. The molecular weight excluding hydrogens is 275 g/mol. The quantitative estimate of drug-likeness (QED) is 0.868. The minimum absolute atomic E-state index is 0.143. The largest absolute Gasteiger partial charge is 0.370 e. The van der Waals surface area contributed by atoms with Gasteiger partial charge in [-0.3, -0.25) is 5.10 Å². The molecule has 7 nitrogen and oxygen atoms in total. The van der Waals surface area contributed by atoms with Crippen LogP contribution in [-0.4, -0.2) is 38.3 Å². The van der Waals surface area contributed by atoms with Gasteiger partial charge in [-0.05, 0) is 12.8 Å². The van der Waals surface area contributed by atoms with Crippen molar-refractivity contribution in [3.8, 4) is 0 Å². The number of hydrogen-bond donors (Lipinski definition) is 2. The summed E-state index contributed by atoms with van der Waals surface area (Å²) in [6, 6.07) is 0. The van der Waals surface area contributed by atoms with E-state index in [9.17, 15) is 4.39 Å². The highest BCUT2D eigenvalue weighted by Gasteiger charge is 2.31. The summed E-state index contributed by atoms with van der Waals surface area (Å²) in [5.41, 5.74) is 0.418. The molecule has 0 spiro atoms. The zero-order chi connectivity index (χ0) is 14.7. The highest BCUT2D eigenvalue weighted by molar-refractivity contribution is 5.37. The fourth-order valence-electron chi connectivity index (χ4n) is 2.50. The molecule has 8 heteroatoms. The molecule has 3 heterocycles. The number of ether oxygens (including phenoxy) is 1. The van der Waals surface area contributed by atoms with Gasteiger partial charge >= 0.3 is 0 Å². The number of halogens is 1. The van der Waals surface area contributed by atoms with Gasteiger partial charge in [-0.2, -0.15) is 5.10 Å². The van der Waals surface area contributed by atoms with E-state index in [4.69, 9.17) is 4.74 Å². The minimum Gasteiger partial charge on any atom is -0.370 e. The Labute approximate surface area is 121 Å². The van der Waals surface area contributed by atoms with Crippen molar-refractivity contribution in [1.82, 2.24) is 25.1 Å². The first-order chi connectivity index (χ1) is 10.3. The van der Waals surface area contributed by atoms with Crippen LogP contribution in [0.4, 0.5) is 10.2 Å². The van der Waals surface area contributed by atoms with E-state index < -0.39 is 0 Å². The first kappa shape index (κ1) is 13.9. The highest BCUT2D eigenvalue weighted by atomic mass is 19.1. The molecule has 3 rings (SSSR count). The third-order valence-corrected chi connectivity index (χ3v) is 3.65. The lowest BCUT2D eigenvalue weighted by Gasteiger charge is -2.17. The van der Waals surface area contributed by atoms with Crippen LogP contribution in [0.25, 0.3) is 0 Å². The molecule has 0 saturated carbocycles. The van der Waals surface area contributed by atoms with Crippen LogP contribution < -0.4 is 5.32 Å². The number of aromatic amines is 1. The van der Waals surface area contributed by atoms with Gasteiger partial charge in [0.25, 0.3) is 0 Å². The first-order valence-electron chi connectivity index (χ1n) is 6.99. The smallest absolute Gasteiger partial charge is 0.186 e. The lowest BCUT2D eigenvalue weighted by molar-refractivity contribution is 0.0864. The van der Waals surface area contributed by atoms with E-state index in [1.165, 1.54) is 12.7 Å². The number of rotatable bonds is 5.